The molecule has 0 bridgehead atoms. The molecule has 2 heterocycles. The molecule has 0 aromatic carbocycles. The van der Waals surface area contributed by atoms with Crippen LogP contribution in [-0.4, -0.2) is 38.5 Å². The van der Waals surface area contributed by atoms with E-state index in [4.69, 9.17) is 5.11 Å². The number of aliphatic carboxylic acids is 1. The van der Waals surface area contributed by atoms with Crippen molar-refractivity contribution in [3.8, 4) is 0 Å². The number of hydrogen-bond acceptors (Lipinski definition) is 4. The Hall–Kier alpha value is -2.70. The van der Waals surface area contributed by atoms with Gasteiger partial charge < -0.3 is 15.4 Å². The van der Waals surface area contributed by atoms with Crippen LogP contribution in [0.1, 0.15) is 45.9 Å². The minimum Gasteiger partial charge on any atom is -0.481 e. The molecule has 29 heavy (non-hydrogen) atoms. The van der Waals surface area contributed by atoms with Gasteiger partial charge in [0.2, 0.25) is 5.91 Å². The Labute approximate surface area is 171 Å². The minimum absolute atomic E-state index is 0.0276. The van der Waals surface area contributed by atoms with Crippen LogP contribution in [0.2, 0.25) is 0 Å². The molecule has 7 nitrogen and oxygen atoms in total. The molecule has 0 aliphatic heterocycles. The van der Waals surface area contributed by atoms with Crippen LogP contribution in [0.3, 0.4) is 0 Å². The van der Waals surface area contributed by atoms with E-state index < -0.39 is 5.97 Å². The van der Waals surface area contributed by atoms with Crippen LogP contribution in [0.4, 0.5) is 0 Å². The predicted molar refractivity (Wildman–Crippen MR) is 111 cm³/mol. The summed E-state index contributed by atoms with van der Waals surface area (Å²) in [6, 6.07) is 3.89. The zero-order valence-corrected chi connectivity index (χ0v) is 17.3. The highest BCUT2D eigenvalue weighted by Crippen LogP contribution is 2.38. The number of imidazole rings is 1. The number of aromatic amines is 1. The van der Waals surface area contributed by atoms with Gasteiger partial charge in [-0.05, 0) is 49.1 Å². The Kier molecular flexibility index (Phi) is 6.67. The van der Waals surface area contributed by atoms with Crippen LogP contribution in [0.25, 0.3) is 11.2 Å². The maximum absolute atomic E-state index is 11.9. The number of rotatable bonds is 8. The molecule has 1 amide bonds. The topological polar surface area (TPSA) is 108 Å². The molecule has 0 radical (unpaired) electrons. The minimum atomic E-state index is -0.947. The standard InChI is InChI=1S/C22H30N4O3/c1-13(2)17-10-15(11-19-25-18-5-4-8-23-22(18)26-19)14(3)9-16(17)12-24-20(27)6-7-21(28)29/h4-5,8-9,13,15-17H,6-7,10-12H2,1-3H3,(H,24,27)(H,28,29)(H,23,25,26)/t15-,16-,17-/m0/s1. The number of fused-ring (bicyclic) bond motifs is 1. The van der Waals surface area contributed by atoms with E-state index in [1.54, 1.807) is 6.20 Å². The Morgan fingerprint density at radius 1 is 1.34 bits per heavy atom. The summed E-state index contributed by atoms with van der Waals surface area (Å²) in [4.78, 5) is 34.9. The van der Waals surface area contributed by atoms with Crippen molar-refractivity contribution in [3.05, 3.63) is 35.8 Å². The first-order chi connectivity index (χ1) is 13.8. The van der Waals surface area contributed by atoms with Crippen molar-refractivity contribution in [2.75, 3.05) is 6.54 Å². The third kappa shape index (κ3) is 5.43. The average Bonchev–Trinajstić information content (AvgIpc) is 3.08. The number of amides is 1. The number of carboxylic acids is 1. The number of carboxylic acid groups (broad SMARTS) is 1. The van der Waals surface area contributed by atoms with Gasteiger partial charge in [0.25, 0.3) is 0 Å². The summed E-state index contributed by atoms with van der Waals surface area (Å²) in [5.41, 5.74) is 3.03. The predicted octanol–water partition coefficient (Wildman–Crippen LogP) is 3.34. The molecule has 2 aromatic heterocycles. The van der Waals surface area contributed by atoms with E-state index in [9.17, 15) is 9.59 Å². The lowest BCUT2D eigenvalue weighted by molar-refractivity contribution is -0.138. The van der Waals surface area contributed by atoms with E-state index >= 15 is 0 Å². The number of H-pyrrole nitrogens is 1. The Balaban J connectivity index is 1.66. The quantitative estimate of drug-likeness (QED) is 0.591. The van der Waals surface area contributed by atoms with Gasteiger partial charge >= 0.3 is 5.97 Å². The molecule has 0 saturated heterocycles. The van der Waals surface area contributed by atoms with Crippen molar-refractivity contribution < 1.29 is 14.7 Å². The summed E-state index contributed by atoms with van der Waals surface area (Å²) in [6.45, 7) is 7.16. The number of nitrogens with one attached hydrogen (secondary N) is 2. The number of hydrogen-bond donors (Lipinski definition) is 3. The van der Waals surface area contributed by atoms with Gasteiger partial charge in [-0.25, -0.2) is 9.97 Å². The number of aromatic nitrogens is 3. The second-order valence-corrected chi connectivity index (χ2v) is 8.38. The smallest absolute Gasteiger partial charge is 0.303 e. The van der Waals surface area contributed by atoms with Crippen molar-refractivity contribution in [2.24, 2.45) is 23.7 Å². The molecule has 2 aromatic rings. The molecule has 1 aliphatic rings. The molecule has 156 valence electrons. The zero-order valence-electron chi connectivity index (χ0n) is 17.3. The lowest BCUT2D eigenvalue weighted by Gasteiger charge is -2.37. The van der Waals surface area contributed by atoms with Crippen LogP contribution in [0.15, 0.2) is 30.0 Å². The van der Waals surface area contributed by atoms with Gasteiger partial charge in [-0.3, -0.25) is 9.59 Å². The maximum Gasteiger partial charge on any atom is 0.303 e. The maximum atomic E-state index is 11.9. The highest BCUT2D eigenvalue weighted by atomic mass is 16.4. The van der Waals surface area contributed by atoms with E-state index in [-0.39, 0.29) is 24.7 Å². The molecule has 0 unspecified atom stereocenters. The van der Waals surface area contributed by atoms with Gasteiger partial charge in [-0.2, -0.15) is 0 Å². The molecular formula is C22H30N4O3. The second-order valence-electron chi connectivity index (χ2n) is 8.38. The summed E-state index contributed by atoms with van der Waals surface area (Å²) in [5.74, 6) is 1.42. The number of nitrogens with zero attached hydrogens (tertiary/aromatic N) is 2. The SMILES string of the molecule is CC1=C[C@@H](CNC(=O)CCC(=O)O)[C@H](C(C)C)C[C@H]1Cc1nc2ncccc2[nH]1. The molecule has 3 rings (SSSR count). The second kappa shape index (κ2) is 9.20. The van der Waals surface area contributed by atoms with Crippen LogP contribution in [0.5, 0.6) is 0 Å². The normalized spacial score (nSPS) is 21.9. The van der Waals surface area contributed by atoms with E-state index in [2.05, 4.69) is 47.1 Å². The number of pyridine rings is 1. The molecule has 7 heteroatoms. The number of carbonyl (C=O) groups is 2. The lowest BCUT2D eigenvalue weighted by Crippen LogP contribution is -2.37. The van der Waals surface area contributed by atoms with Crippen molar-refractivity contribution in [3.63, 3.8) is 0 Å². The van der Waals surface area contributed by atoms with Gasteiger partial charge in [0, 0.05) is 25.6 Å². The van der Waals surface area contributed by atoms with Crippen molar-refractivity contribution >= 4 is 23.0 Å². The highest BCUT2D eigenvalue weighted by Gasteiger charge is 2.32. The fraction of sp³-hybridized carbons (Fsp3) is 0.545. The van der Waals surface area contributed by atoms with Gasteiger partial charge in [0.15, 0.2) is 5.65 Å². The van der Waals surface area contributed by atoms with E-state index in [0.717, 1.165) is 29.8 Å². The van der Waals surface area contributed by atoms with E-state index in [1.807, 2.05) is 12.1 Å². The third-order valence-electron chi connectivity index (χ3n) is 5.93. The Morgan fingerprint density at radius 2 is 2.14 bits per heavy atom. The van der Waals surface area contributed by atoms with Crippen molar-refractivity contribution in [1.82, 2.24) is 20.3 Å². The van der Waals surface area contributed by atoms with Crippen molar-refractivity contribution in [2.45, 2.75) is 46.5 Å². The summed E-state index contributed by atoms with van der Waals surface area (Å²) >= 11 is 0. The lowest BCUT2D eigenvalue weighted by atomic mass is 9.70. The monoisotopic (exact) mass is 398 g/mol. The highest BCUT2D eigenvalue weighted by molar-refractivity contribution is 5.80. The summed E-state index contributed by atoms with van der Waals surface area (Å²) in [7, 11) is 0. The molecule has 0 spiro atoms. The summed E-state index contributed by atoms with van der Waals surface area (Å²) in [6.07, 6.45) is 5.83. The molecule has 3 atom stereocenters. The van der Waals surface area contributed by atoms with Crippen LogP contribution in [0, 0.1) is 23.7 Å². The van der Waals surface area contributed by atoms with Gasteiger partial charge in [-0.1, -0.05) is 25.5 Å². The first-order valence-corrected chi connectivity index (χ1v) is 10.3. The van der Waals surface area contributed by atoms with E-state index in [1.165, 1.54) is 5.57 Å². The Bertz CT molecular complexity index is 869. The first-order valence-electron chi connectivity index (χ1n) is 10.3. The zero-order chi connectivity index (χ0) is 21.0. The van der Waals surface area contributed by atoms with Gasteiger partial charge in [-0.15, -0.1) is 0 Å². The third-order valence-corrected chi connectivity index (χ3v) is 5.93. The average molecular weight is 399 g/mol. The van der Waals surface area contributed by atoms with Crippen LogP contribution in [-0.2, 0) is 16.0 Å². The largest absolute Gasteiger partial charge is 0.481 e. The first kappa shape index (κ1) is 21.0. The van der Waals surface area contributed by atoms with Crippen LogP contribution >= 0.6 is 0 Å². The molecule has 1 aliphatic carbocycles. The fourth-order valence-electron chi connectivity index (χ4n) is 4.27. The fourth-order valence-corrected chi connectivity index (χ4v) is 4.27. The van der Waals surface area contributed by atoms with E-state index in [0.29, 0.717) is 24.3 Å². The molecule has 3 N–H and O–H groups in total. The van der Waals surface area contributed by atoms with Crippen LogP contribution < -0.4 is 5.32 Å². The number of carbonyl (C=O) groups excluding carboxylic acids is 1. The number of allylic oxidation sites excluding steroid dienone is 1. The molecule has 0 saturated carbocycles. The summed E-state index contributed by atoms with van der Waals surface area (Å²) in [5, 5.41) is 11.6. The van der Waals surface area contributed by atoms with Gasteiger partial charge in [0.1, 0.15) is 5.82 Å². The van der Waals surface area contributed by atoms with Crippen molar-refractivity contribution in [1.29, 1.82) is 0 Å². The Morgan fingerprint density at radius 3 is 2.83 bits per heavy atom. The summed E-state index contributed by atoms with van der Waals surface area (Å²) < 4.78 is 0. The molecule has 0 fully saturated rings. The van der Waals surface area contributed by atoms with Gasteiger partial charge in [0.05, 0.1) is 11.9 Å². The molecular weight excluding hydrogens is 368 g/mol.